The summed E-state index contributed by atoms with van der Waals surface area (Å²) < 4.78 is 26.9. The number of hydrogen-bond donors (Lipinski definition) is 4. The molecule has 18 nitrogen and oxygen atoms in total. The van der Waals surface area contributed by atoms with Gasteiger partial charge in [-0.1, -0.05) is 153 Å². The molecule has 0 aromatic carbocycles. The van der Waals surface area contributed by atoms with Crippen molar-refractivity contribution >= 4 is 51.4 Å². The molecule has 0 spiro atoms. The van der Waals surface area contributed by atoms with Gasteiger partial charge in [-0.05, 0) is 128 Å². The molecule has 0 aliphatic carbocycles. The van der Waals surface area contributed by atoms with E-state index in [0.717, 1.165) is 218 Å². The Labute approximate surface area is 562 Å². The van der Waals surface area contributed by atoms with Crippen molar-refractivity contribution in [1.29, 1.82) is 0 Å². The Hall–Kier alpha value is -2.27. The van der Waals surface area contributed by atoms with Crippen molar-refractivity contribution in [3.8, 4) is 0 Å². The molecule has 1 aliphatic heterocycles. The molecule has 0 aromatic rings. The molecular weight excluding hydrogens is 1200 g/mol. The molecule has 1 heterocycles. The number of aliphatic hydroxyl groups is 4. The van der Waals surface area contributed by atoms with Gasteiger partial charge in [-0.2, -0.15) is 0 Å². The zero-order valence-electron chi connectivity index (χ0n) is 58.6. The number of aliphatic hydroxyl groups excluding tert-OH is 4. The number of rotatable bonds is 65. The molecule has 4 unspecified atom stereocenters. The largest absolute Gasteiger partial charge is 0.466 e. The zero-order chi connectivity index (χ0) is 66.8. The predicted octanol–water partition coefficient (Wildman–Crippen LogP) is 12.8. The van der Waals surface area contributed by atoms with E-state index in [1.54, 1.807) is 0 Å². The second kappa shape index (κ2) is 61.3. The second-order valence-electron chi connectivity index (χ2n) is 26.6. The molecule has 1 rings (SSSR count). The summed E-state index contributed by atoms with van der Waals surface area (Å²) in [5.74, 6) is 2.43. The Morgan fingerprint density at radius 2 is 0.648 bits per heavy atom. The van der Waals surface area contributed by atoms with Crippen molar-refractivity contribution in [2.45, 2.75) is 291 Å². The lowest BCUT2D eigenvalue weighted by Gasteiger charge is -2.34. The topological polar surface area (TPSA) is 225 Å². The Balaban J connectivity index is 2.43. The molecule has 1 aliphatic rings. The van der Waals surface area contributed by atoms with Gasteiger partial charge in [-0.25, -0.2) is 0 Å². The van der Waals surface area contributed by atoms with Crippen LogP contribution in [0, 0.1) is 11.8 Å². The van der Waals surface area contributed by atoms with Crippen LogP contribution >= 0.6 is 21.6 Å². The first-order valence-corrected chi connectivity index (χ1v) is 39.1. The smallest absolute Gasteiger partial charge is 0.305 e. The van der Waals surface area contributed by atoms with Crippen molar-refractivity contribution in [3.05, 3.63) is 0 Å². The van der Waals surface area contributed by atoms with Crippen LogP contribution in [0.4, 0.5) is 0 Å². The summed E-state index contributed by atoms with van der Waals surface area (Å²) in [4.78, 5) is 70.0. The number of unbranched alkanes of at least 4 members (excludes halogenated alkanes) is 16. The van der Waals surface area contributed by atoms with Gasteiger partial charge < -0.3 is 44.1 Å². The number of ether oxygens (including phenoxy) is 5. The quantitative estimate of drug-likeness (QED) is 0.0192. The standard InChI is InChI=1S/C71H136N4O14S2/c1-7-9-50-85-67(80)35-23-15-11-19-31-63(76)57-74(58-64(77)32-20-12-16-24-36-68(81)86-51-10-8-2)42-28-27-39-71(84)89-54-48-72-44-46-73(47-45-72)49-56-91-90-55-30-29-43-75(59-65(78)33-21-13-17-25-37-69(82)87-52-40-61(3)4)60-66(79)34-22-14-18-26-38-70(83)88-53-41-62(5)6/h61-66,76-79H,7-60H2,1-6H3. The normalized spacial score (nSPS) is 14.5. The van der Waals surface area contributed by atoms with Crippen LogP contribution in [0.5, 0.6) is 0 Å². The fourth-order valence-corrected chi connectivity index (χ4v) is 13.0. The highest BCUT2D eigenvalue weighted by Crippen LogP contribution is 2.23. The molecule has 20 heteroatoms. The van der Waals surface area contributed by atoms with Crippen LogP contribution in [0.3, 0.4) is 0 Å². The molecule has 0 bridgehead atoms. The van der Waals surface area contributed by atoms with Crippen molar-refractivity contribution in [3.63, 3.8) is 0 Å². The molecule has 91 heavy (non-hydrogen) atoms. The first kappa shape index (κ1) is 86.7. The van der Waals surface area contributed by atoms with Crippen LogP contribution in [-0.4, -0.2) is 217 Å². The SMILES string of the molecule is CCCCOC(=O)CCCCCCC(O)CN(CCCCC(=O)OCCN1CCN(CCSSCCCCN(CC(O)CCCCCCC(=O)OCCC(C)C)CC(O)CCCCCCC(=O)OCCC(C)C)CC1)CC(O)CCCCCCC(=O)OCCCC. The third-order valence-corrected chi connectivity index (χ3v) is 19.2. The van der Waals surface area contributed by atoms with Gasteiger partial charge in [-0.3, -0.25) is 43.6 Å². The summed E-state index contributed by atoms with van der Waals surface area (Å²) in [6, 6.07) is 0. The number of carbonyl (C=O) groups is 5. The minimum Gasteiger partial charge on any atom is -0.466 e. The van der Waals surface area contributed by atoms with Crippen LogP contribution < -0.4 is 0 Å². The predicted molar refractivity (Wildman–Crippen MR) is 372 cm³/mol. The van der Waals surface area contributed by atoms with Crippen LogP contribution in [0.1, 0.15) is 266 Å². The summed E-state index contributed by atoms with van der Waals surface area (Å²) in [5.41, 5.74) is 0. The summed E-state index contributed by atoms with van der Waals surface area (Å²) in [5, 5.41) is 44.2. The van der Waals surface area contributed by atoms with Crippen molar-refractivity contribution in [2.75, 3.05) is 123 Å². The van der Waals surface area contributed by atoms with Crippen molar-refractivity contribution in [1.82, 2.24) is 19.6 Å². The maximum atomic E-state index is 12.8. The van der Waals surface area contributed by atoms with Crippen LogP contribution in [0.2, 0.25) is 0 Å². The number of esters is 5. The molecule has 0 aromatic heterocycles. The highest BCUT2D eigenvalue weighted by atomic mass is 33.1. The molecule has 4 N–H and O–H groups in total. The Morgan fingerprint density at radius 1 is 0.352 bits per heavy atom. The molecular formula is C71H136N4O14S2. The molecule has 0 radical (unpaired) electrons. The third kappa shape index (κ3) is 57.7. The van der Waals surface area contributed by atoms with E-state index in [0.29, 0.717) is 142 Å². The van der Waals surface area contributed by atoms with Gasteiger partial charge in [0.15, 0.2) is 0 Å². The summed E-state index contributed by atoms with van der Waals surface area (Å²) >= 11 is 0. The summed E-state index contributed by atoms with van der Waals surface area (Å²) in [6.07, 6.45) is 26.0. The van der Waals surface area contributed by atoms with Gasteiger partial charge in [0.1, 0.15) is 6.61 Å². The lowest BCUT2D eigenvalue weighted by atomic mass is 10.1. The van der Waals surface area contributed by atoms with E-state index in [2.05, 4.69) is 61.1 Å². The van der Waals surface area contributed by atoms with E-state index in [1.807, 2.05) is 21.6 Å². The van der Waals surface area contributed by atoms with Gasteiger partial charge in [0.25, 0.3) is 0 Å². The van der Waals surface area contributed by atoms with Gasteiger partial charge in [0.05, 0.1) is 50.8 Å². The number of hydrogen-bond acceptors (Lipinski definition) is 20. The van der Waals surface area contributed by atoms with Crippen molar-refractivity contribution in [2.24, 2.45) is 11.8 Å². The maximum absolute atomic E-state index is 12.8. The second-order valence-corrected chi connectivity index (χ2v) is 29.3. The van der Waals surface area contributed by atoms with Gasteiger partial charge in [0, 0.05) is 109 Å². The van der Waals surface area contributed by atoms with Crippen LogP contribution in [0.15, 0.2) is 0 Å². The van der Waals surface area contributed by atoms with E-state index < -0.39 is 24.4 Å². The maximum Gasteiger partial charge on any atom is 0.305 e. The molecule has 4 atom stereocenters. The minimum atomic E-state index is -0.534. The Kier molecular flexibility index (Phi) is 58.5. The first-order chi connectivity index (χ1) is 44.0. The Bertz CT molecular complexity index is 1650. The fraction of sp³-hybridized carbons (Fsp3) is 0.930. The van der Waals surface area contributed by atoms with Gasteiger partial charge >= 0.3 is 29.8 Å². The highest BCUT2D eigenvalue weighted by Gasteiger charge is 2.21. The Morgan fingerprint density at radius 3 is 1.00 bits per heavy atom. The zero-order valence-corrected chi connectivity index (χ0v) is 60.3. The molecule has 0 saturated carbocycles. The molecule has 536 valence electrons. The van der Waals surface area contributed by atoms with E-state index in [9.17, 15) is 44.4 Å². The average Bonchev–Trinajstić information content (AvgIpc) is 3.33. The lowest BCUT2D eigenvalue weighted by molar-refractivity contribution is -0.145. The monoisotopic (exact) mass is 1330 g/mol. The lowest BCUT2D eigenvalue weighted by Crippen LogP contribution is -2.47. The summed E-state index contributed by atoms with van der Waals surface area (Å²) in [6.45, 7) is 24.1. The number of piperazine rings is 1. The minimum absolute atomic E-state index is 0.119. The van der Waals surface area contributed by atoms with Crippen LogP contribution in [0.25, 0.3) is 0 Å². The number of carbonyl (C=O) groups excluding carboxylic acids is 5. The van der Waals surface area contributed by atoms with Crippen molar-refractivity contribution < 1.29 is 68.1 Å². The van der Waals surface area contributed by atoms with E-state index >= 15 is 0 Å². The van der Waals surface area contributed by atoms with E-state index in [-0.39, 0.29) is 29.8 Å². The van der Waals surface area contributed by atoms with E-state index in [4.69, 9.17) is 23.7 Å². The molecule has 0 amide bonds. The third-order valence-electron chi connectivity index (χ3n) is 16.8. The first-order valence-electron chi connectivity index (χ1n) is 36.6. The molecule has 1 saturated heterocycles. The molecule has 1 fully saturated rings. The van der Waals surface area contributed by atoms with E-state index in [1.165, 1.54) is 0 Å². The number of nitrogens with zero attached hydrogens (tertiary/aromatic N) is 4. The summed E-state index contributed by atoms with van der Waals surface area (Å²) in [7, 11) is 3.85. The highest BCUT2D eigenvalue weighted by molar-refractivity contribution is 8.76. The van der Waals surface area contributed by atoms with Gasteiger partial charge in [-0.15, -0.1) is 0 Å². The van der Waals surface area contributed by atoms with Crippen LogP contribution in [-0.2, 0) is 47.7 Å². The average molecular weight is 1330 g/mol. The fourth-order valence-electron chi connectivity index (χ4n) is 10.8. The van der Waals surface area contributed by atoms with Gasteiger partial charge in [0.2, 0.25) is 0 Å².